The molecule has 80 valence electrons. The van der Waals surface area contributed by atoms with Gasteiger partial charge in [-0.05, 0) is 24.2 Å². The zero-order valence-electron chi connectivity index (χ0n) is 8.58. The molecule has 4 nitrogen and oxygen atoms in total. The van der Waals surface area contributed by atoms with Crippen LogP contribution in [0.3, 0.4) is 0 Å². The van der Waals surface area contributed by atoms with Crippen LogP contribution in [0.2, 0.25) is 0 Å². The smallest absolute Gasteiger partial charge is 0.228 e. The predicted octanol–water partition coefficient (Wildman–Crippen LogP) is 0.434. The molecule has 0 saturated carbocycles. The van der Waals surface area contributed by atoms with E-state index in [0.717, 1.165) is 16.8 Å². The van der Waals surface area contributed by atoms with E-state index in [9.17, 15) is 9.90 Å². The quantitative estimate of drug-likeness (QED) is 0.672. The highest BCUT2D eigenvalue weighted by atomic mass is 16.3. The molecule has 1 amide bonds. The maximum atomic E-state index is 11.1. The Morgan fingerprint density at radius 3 is 3.13 bits per heavy atom. The topological polar surface area (TPSA) is 61.4 Å². The molecule has 0 aromatic heterocycles. The van der Waals surface area contributed by atoms with Crippen molar-refractivity contribution in [1.82, 2.24) is 5.32 Å². The van der Waals surface area contributed by atoms with Gasteiger partial charge in [-0.15, -0.1) is 0 Å². The third-order valence-corrected chi connectivity index (χ3v) is 2.54. The molecule has 1 unspecified atom stereocenters. The van der Waals surface area contributed by atoms with Gasteiger partial charge in [0.25, 0.3) is 0 Å². The van der Waals surface area contributed by atoms with Crippen molar-refractivity contribution < 1.29 is 9.90 Å². The summed E-state index contributed by atoms with van der Waals surface area (Å²) in [6.07, 6.45) is -0.105. The fourth-order valence-corrected chi connectivity index (χ4v) is 1.77. The number of benzene rings is 1. The van der Waals surface area contributed by atoms with Gasteiger partial charge in [0.2, 0.25) is 5.91 Å². The Morgan fingerprint density at radius 1 is 1.60 bits per heavy atom. The number of carbonyl (C=O) groups excluding carboxylic acids is 1. The van der Waals surface area contributed by atoms with Crippen LogP contribution in [0.5, 0.6) is 0 Å². The summed E-state index contributed by atoms with van der Waals surface area (Å²) >= 11 is 0. The molecule has 1 heterocycles. The van der Waals surface area contributed by atoms with Crippen LogP contribution in [0, 0.1) is 0 Å². The van der Waals surface area contributed by atoms with Crippen molar-refractivity contribution >= 4 is 11.6 Å². The van der Waals surface area contributed by atoms with Gasteiger partial charge in [-0.1, -0.05) is 12.1 Å². The zero-order chi connectivity index (χ0) is 10.8. The van der Waals surface area contributed by atoms with Gasteiger partial charge in [0.15, 0.2) is 0 Å². The molecule has 0 fully saturated rings. The molecular weight excluding hydrogens is 192 g/mol. The summed E-state index contributed by atoms with van der Waals surface area (Å²) in [4.78, 5) is 11.1. The van der Waals surface area contributed by atoms with Gasteiger partial charge in [0.1, 0.15) is 0 Å². The number of rotatable bonds is 3. The molecule has 0 spiro atoms. The number of likely N-dealkylation sites (N-methyl/N-ethyl adjacent to an activating group) is 1. The van der Waals surface area contributed by atoms with E-state index in [2.05, 4.69) is 10.6 Å². The Morgan fingerprint density at radius 2 is 2.40 bits per heavy atom. The molecule has 4 heteroatoms. The first-order valence-electron chi connectivity index (χ1n) is 4.96. The second-order valence-electron chi connectivity index (χ2n) is 3.72. The Bertz CT molecular complexity index is 390. The van der Waals surface area contributed by atoms with Gasteiger partial charge in [0, 0.05) is 12.2 Å². The minimum absolute atomic E-state index is 0.0188. The highest BCUT2D eigenvalue weighted by Gasteiger charge is 2.18. The summed E-state index contributed by atoms with van der Waals surface area (Å²) in [6.45, 7) is 0.514. The second kappa shape index (κ2) is 4.00. The number of amides is 1. The van der Waals surface area contributed by atoms with Gasteiger partial charge in [-0.25, -0.2) is 0 Å². The molecule has 0 bridgehead atoms. The first-order valence-corrected chi connectivity index (χ1v) is 4.96. The third-order valence-electron chi connectivity index (χ3n) is 2.54. The third kappa shape index (κ3) is 2.00. The van der Waals surface area contributed by atoms with Gasteiger partial charge >= 0.3 is 0 Å². The molecule has 1 aromatic rings. The van der Waals surface area contributed by atoms with E-state index in [1.165, 1.54) is 0 Å². The minimum atomic E-state index is -0.518. The molecule has 1 aromatic carbocycles. The van der Waals surface area contributed by atoms with Crippen molar-refractivity contribution in [1.29, 1.82) is 0 Å². The molecule has 0 radical (unpaired) electrons. The maximum absolute atomic E-state index is 11.1. The maximum Gasteiger partial charge on any atom is 0.228 e. The number of anilines is 1. The first kappa shape index (κ1) is 10.1. The van der Waals surface area contributed by atoms with Crippen molar-refractivity contribution in [2.45, 2.75) is 12.5 Å². The van der Waals surface area contributed by atoms with Crippen LogP contribution in [-0.2, 0) is 11.2 Å². The number of carbonyl (C=O) groups is 1. The van der Waals surface area contributed by atoms with E-state index in [0.29, 0.717) is 13.0 Å². The molecule has 2 rings (SSSR count). The number of aliphatic hydroxyl groups excluding tert-OH is 1. The van der Waals surface area contributed by atoms with Crippen LogP contribution in [0.25, 0.3) is 0 Å². The molecule has 3 N–H and O–H groups in total. The lowest BCUT2D eigenvalue weighted by molar-refractivity contribution is -0.115. The standard InChI is InChI=1S/C11H14N2O2/c1-12-6-10(14)7-2-3-9-8(4-7)5-11(15)13-9/h2-4,10,12,14H,5-6H2,1H3,(H,13,15). The highest BCUT2D eigenvalue weighted by Crippen LogP contribution is 2.26. The van der Waals surface area contributed by atoms with E-state index in [-0.39, 0.29) is 5.91 Å². The van der Waals surface area contributed by atoms with E-state index < -0.39 is 6.10 Å². The lowest BCUT2D eigenvalue weighted by Crippen LogP contribution is -2.16. The van der Waals surface area contributed by atoms with Crippen LogP contribution in [0.4, 0.5) is 5.69 Å². The van der Waals surface area contributed by atoms with Crippen molar-refractivity contribution in [3.63, 3.8) is 0 Å². The van der Waals surface area contributed by atoms with Crippen molar-refractivity contribution in [2.24, 2.45) is 0 Å². The Labute approximate surface area is 88.3 Å². The second-order valence-corrected chi connectivity index (χ2v) is 3.72. The van der Waals surface area contributed by atoms with Crippen molar-refractivity contribution in [3.8, 4) is 0 Å². The number of hydrogen-bond acceptors (Lipinski definition) is 3. The highest BCUT2D eigenvalue weighted by molar-refractivity contribution is 5.99. The summed E-state index contributed by atoms with van der Waals surface area (Å²) < 4.78 is 0. The first-order chi connectivity index (χ1) is 7.20. The molecular formula is C11H14N2O2. The van der Waals surface area contributed by atoms with E-state index >= 15 is 0 Å². The predicted molar refractivity (Wildman–Crippen MR) is 57.7 cm³/mol. The van der Waals surface area contributed by atoms with Crippen LogP contribution in [0.15, 0.2) is 18.2 Å². The van der Waals surface area contributed by atoms with Gasteiger partial charge < -0.3 is 15.7 Å². The number of aliphatic hydroxyl groups is 1. The summed E-state index contributed by atoms with van der Waals surface area (Å²) in [6, 6.07) is 5.57. The monoisotopic (exact) mass is 206 g/mol. The van der Waals surface area contributed by atoms with Crippen LogP contribution >= 0.6 is 0 Å². The summed E-state index contributed by atoms with van der Waals surface area (Å²) in [5.41, 5.74) is 2.67. The van der Waals surface area contributed by atoms with Crippen LogP contribution in [0.1, 0.15) is 17.2 Å². The lowest BCUT2D eigenvalue weighted by atomic mass is 10.0. The fraction of sp³-hybridized carbons (Fsp3) is 0.364. The van der Waals surface area contributed by atoms with Gasteiger partial charge in [-0.3, -0.25) is 4.79 Å². The molecule has 0 aliphatic carbocycles. The molecule has 15 heavy (non-hydrogen) atoms. The Hall–Kier alpha value is -1.39. The minimum Gasteiger partial charge on any atom is -0.387 e. The molecule has 0 saturated heterocycles. The number of nitrogens with one attached hydrogen (secondary N) is 2. The van der Waals surface area contributed by atoms with Crippen LogP contribution < -0.4 is 10.6 Å². The Kier molecular flexibility index (Phi) is 2.70. The summed E-state index contributed by atoms with van der Waals surface area (Å²) in [5.74, 6) is 0.0188. The van der Waals surface area contributed by atoms with E-state index in [4.69, 9.17) is 0 Å². The molecule has 1 aliphatic heterocycles. The summed E-state index contributed by atoms with van der Waals surface area (Å²) in [7, 11) is 1.79. The Balaban J connectivity index is 2.23. The molecule has 1 aliphatic rings. The van der Waals surface area contributed by atoms with E-state index in [1.54, 1.807) is 7.05 Å². The average molecular weight is 206 g/mol. The van der Waals surface area contributed by atoms with E-state index in [1.807, 2.05) is 18.2 Å². The summed E-state index contributed by atoms with van der Waals surface area (Å²) in [5, 5.41) is 15.4. The lowest BCUT2D eigenvalue weighted by Gasteiger charge is -2.11. The average Bonchev–Trinajstić information content (AvgIpc) is 2.57. The zero-order valence-corrected chi connectivity index (χ0v) is 8.58. The SMILES string of the molecule is CNCC(O)c1ccc2c(c1)CC(=O)N2. The van der Waals surface area contributed by atoms with Crippen molar-refractivity contribution in [2.75, 3.05) is 18.9 Å². The van der Waals surface area contributed by atoms with Gasteiger partial charge in [0.05, 0.1) is 12.5 Å². The van der Waals surface area contributed by atoms with Gasteiger partial charge in [-0.2, -0.15) is 0 Å². The number of hydrogen-bond donors (Lipinski definition) is 3. The van der Waals surface area contributed by atoms with Crippen molar-refractivity contribution in [3.05, 3.63) is 29.3 Å². The largest absolute Gasteiger partial charge is 0.387 e. The molecule has 1 atom stereocenters. The normalized spacial score (nSPS) is 16.0. The number of fused-ring (bicyclic) bond motifs is 1. The fourth-order valence-electron chi connectivity index (χ4n) is 1.77. The van der Waals surface area contributed by atoms with Crippen LogP contribution in [-0.4, -0.2) is 24.6 Å².